The molecule has 3 aromatic carbocycles. The Bertz CT molecular complexity index is 1940. The molecule has 6 rings (SSSR count). The van der Waals surface area contributed by atoms with Crippen molar-refractivity contribution in [3.05, 3.63) is 92.6 Å². The Labute approximate surface area is 210 Å². The number of fused-ring (bicyclic) bond motifs is 3. The van der Waals surface area contributed by atoms with E-state index in [-0.39, 0.29) is 5.56 Å². The van der Waals surface area contributed by atoms with E-state index in [1.54, 1.807) is 18.7 Å². The molecular formula is C27H24N6O2S. The number of imidazole rings is 2. The van der Waals surface area contributed by atoms with Crippen LogP contribution >= 0.6 is 11.8 Å². The van der Waals surface area contributed by atoms with Gasteiger partial charge in [0.25, 0.3) is 5.56 Å². The molecule has 3 heterocycles. The fraction of sp³-hybridized carbons (Fsp3) is 0.185. The Kier molecular flexibility index (Phi) is 5.11. The number of rotatable bonds is 4. The van der Waals surface area contributed by atoms with Crippen LogP contribution in [0.3, 0.4) is 0 Å². The zero-order valence-corrected chi connectivity index (χ0v) is 21.2. The first-order valence-corrected chi connectivity index (χ1v) is 12.4. The van der Waals surface area contributed by atoms with Gasteiger partial charge in [-0.15, -0.1) is 0 Å². The van der Waals surface area contributed by atoms with E-state index >= 15 is 0 Å². The van der Waals surface area contributed by atoms with Gasteiger partial charge in [0.2, 0.25) is 0 Å². The van der Waals surface area contributed by atoms with Crippen LogP contribution in [0.4, 0.5) is 0 Å². The highest BCUT2D eigenvalue weighted by atomic mass is 32.2. The highest BCUT2D eigenvalue weighted by Gasteiger charge is 2.21. The Morgan fingerprint density at radius 3 is 2.39 bits per heavy atom. The van der Waals surface area contributed by atoms with Crippen LogP contribution < -0.4 is 11.2 Å². The summed E-state index contributed by atoms with van der Waals surface area (Å²) in [5.41, 5.74) is 4.34. The average Bonchev–Trinajstić information content (AvgIpc) is 3.40. The van der Waals surface area contributed by atoms with E-state index in [4.69, 9.17) is 4.98 Å². The molecule has 9 heteroatoms. The van der Waals surface area contributed by atoms with Gasteiger partial charge in [0.05, 0.1) is 17.6 Å². The van der Waals surface area contributed by atoms with Gasteiger partial charge in [-0.1, -0.05) is 48.5 Å². The molecule has 0 saturated carbocycles. The number of hydrogen-bond acceptors (Lipinski definition) is 5. The van der Waals surface area contributed by atoms with Crippen LogP contribution in [0.1, 0.15) is 11.1 Å². The predicted octanol–water partition coefficient (Wildman–Crippen LogP) is 3.98. The number of nitrogens with zero attached hydrogens (tertiary/aromatic N) is 6. The molecule has 0 saturated heterocycles. The van der Waals surface area contributed by atoms with Crippen molar-refractivity contribution in [2.45, 2.75) is 23.8 Å². The lowest BCUT2D eigenvalue weighted by Gasteiger charge is -2.14. The Morgan fingerprint density at radius 1 is 0.806 bits per heavy atom. The molecule has 0 amide bonds. The summed E-state index contributed by atoms with van der Waals surface area (Å²) < 4.78 is 6.46. The fourth-order valence-electron chi connectivity index (χ4n) is 4.77. The molecule has 0 spiro atoms. The lowest BCUT2D eigenvalue weighted by Crippen LogP contribution is -2.37. The topological polar surface area (TPSA) is 79.6 Å². The van der Waals surface area contributed by atoms with Crippen LogP contribution in [-0.4, -0.2) is 28.2 Å². The summed E-state index contributed by atoms with van der Waals surface area (Å²) in [6.45, 7) is 2.77. The Morgan fingerprint density at radius 2 is 1.56 bits per heavy atom. The van der Waals surface area contributed by atoms with Crippen LogP contribution in [0.25, 0.3) is 33.0 Å². The molecule has 0 aliphatic rings. The number of aromatic nitrogens is 6. The lowest BCUT2D eigenvalue weighted by atomic mass is 9.99. The SMILES string of the molecule is Cc1ccc2ccccc2c1Cn1c(Sc2nc3c(c(=O)n(C)c(=O)n3C)n2C)nc2ccccc21. The molecule has 0 fully saturated rings. The zero-order valence-electron chi connectivity index (χ0n) is 20.4. The van der Waals surface area contributed by atoms with Crippen LogP contribution in [0.5, 0.6) is 0 Å². The second-order valence-corrected chi connectivity index (χ2v) is 9.92. The van der Waals surface area contributed by atoms with Gasteiger partial charge in [0.1, 0.15) is 0 Å². The molecule has 36 heavy (non-hydrogen) atoms. The van der Waals surface area contributed by atoms with Crippen molar-refractivity contribution in [2.24, 2.45) is 21.1 Å². The molecule has 3 aromatic heterocycles. The molecule has 0 unspecified atom stereocenters. The van der Waals surface area contributed by atoms with Crippen molar-refractivity contribution in [3.8, 4) is 0 Å². The summed E-state index contributed by atoms with van der Waals surface area (Å²) in [6.07, 6.45) is 0. The fourth-order valence-corrected chi connectivity index (χ4v) is 5.71. The van der Waals surface area contributed by atoms with Crippen molar-refractivity contribution in [3.63, 3.8) is 0 Å². The van der Waals surface area contributed by atoms with E-state index in [9.17, 15) is 9.59 Å². The van der Waals surface area contributed by atoms with Crippen LogP contribution in [0.2, 0.25) is 0 Å². The molecule has 0 radical (unpaired) electrons. The van der Waals surface area contributed by atoms with E-state index in [2.05, 4.69) is 58.9 Å². The van der Waals surface area contributed by atoms with Crippen molar-refractivity contribution in [2.75, 3.05) is 0 Å². The number of aryl methyl sites for hydroxylation is 3. The highest BCUT2D eigenvalue weighted by Crippen LogP contribution is 2.33. The van der Waals surface area contributed by atoms with Crippen LogP contribution in [0, 0.1) is 6.92 Å². The van der Waals surface area contributed by atoms with Crippen molar-refractivity contribution in [1.29, 1.82) is 0 Å². The summed E-state index contributed by atoms with van der Waals surface area (Å²) in [5, 5.41) is 3.77. The van der Waals surface area contributed by atoms with E-state index in [0.29, 0.717) is 22.9 Å². The van der Waals surface area contributed by atoms with Gasteiger partial charge in [0.15, 0.2) is 21.5 Å². The van der Waals surface area contributed by atoms with E-state index in [1.807, 2.05) is 18.2 Å². The minimum absolute atomic E-state index is 0.362. The third-order valence-electron chi connectivity index (χ3n) is 6.83. The third kappa shape index (κ3) is 3.30. The maximum absolute atomic E-state index is 12.9. The normalized spacial score (nSPS) is 11.8. The minimum atomic E-state index is -0.402. The highest BCUT2D eigenvalue weighted by molar-refractivity contribution is 7.99. The molecular weight excluding hydrogens is 472 g/mol. The molecule has 0 aliphatic heterocycles. The predicted molar refractivity (Wildman–Crippen MR) is 143 cm³/mol. The monoisotopic (exact) mass is 496 g/mol. The van der Waals surface area contributed by atoms with Gasteiger partial charge in [-0.25, -0.2) is 14.8 Å². The summed E-state index contributed by atoms with van der Waals surface area (Å²) in [4.78, 5) is 34.9. The number of hydrogen-bond donors (Lipinski definition) is 0. The maximum Gasteiger partial charge on any atom is 0.332 e. The Balaban J connectivity index is 1.54. The van der Waals surface area contributed by atoms with Gasteiger partial charge >= 0.3 is 5.69 Å². The minimum Gasteiger partial charge on any atom is -0.316 e. The lowest BCUT2D eigenvalue weighted by molar-refractivity contribution is 0.705. The molecule has 0 atom stereocenters. The third-order valence-corrected chi connectivity index (χ3v) is 7.87. The van der Waals surface area contributed by atoms with Gasteiger partial charge in [-0.05, 0) is 52.7 Å². The van der Waals surface area contributed by atoms with Crippen molar-refractivity contribution >= 4 is 44.7 Å². The smallest absolute Gasteiger partial charge is 0.316 e. The summed E-state index contributed by atoms with van der Waals surface area (Å²) in [5.74, 6) is 0. The second kappa shape index (κ2) is 8.23. The largest absolute Gasteiger partial charge is 0.332 e. The summed E-state index contributed by atoms with van der Waals surface area (Å²) in [6, 6.07) is 20.8. The molecule has 6 aromatic rings. The molecule has 0 N–H and O–H groups in total. The standard InChI is InChI=1S/C27H24N6O2S/c1-16-13-14-17-9-5-6-10-18(17)19(16)15-33-21-12-8-7-11-20(21)28-26(33)36-25-29-23-22(30(25)2)24(34)32(4)27(35)31(23)3/h5-14H,15H2,1-4H3. The first kappa shape index (κ1) is 22.4. The summed E-state index contributed by atoms with van der Waals surface area (Å²) in [7, 11) is 4.91. The quantitative estimate of drug-likeness (QED) is 0.369. The molecule has 0 bridgehead atoms. The number of benzene rings is 3. The summed E-state index contributed by atoms with van der Waals surface area (Å²) >= 11 is 1.39. The molecule has 0 aliphatic carbocycles. The zero-order chi connectivity index (χ0) is 25.1. The number of para-hydroxylation sites is 2. The Hall–Kier alpha value is -4.11. The van der Waals surface area contributed by atoms with Crippen LogP contribution in [-0.2, 0) is 27.7 Å². The van der Waals surface area contributed by atoms with E-state index < -0.39 is 5.69 Å². The van der Waals surface area contributed by atoms with E-state index in [1.165, 1.54) is 45.3 Å². The van der Waals surface area contributed by atoms with Crippen molar-refractivity contribution < 1.29 is 0 Å². The first-order valence-electron chi connectivity index (χ1n) is 11.6. The maximum atomic E-state index is 12.9. The second-order valence-electron chi connectivity index (χ2n) is 8.98. The van der Waals surface area contributed by atoms with Gasteiger partial charge < -0.3 is 9.13 Å². The average molecular weight is 497 g/mol. The van der Waals surface area contributed by atoms with E-state index in [0.717, 1.165) is 20.8 Å². The van der Waals surface area contributed by atoms with Crippen LogP contribution in [0.15, 0.2) is 80.6 Å². The van der Waals surface area contributed by atoms with Crippen molar-refractivity contribution in [1.82, 2.24) is 28.2 Å². The molecule has 8 nitrogen and oxygen atoms in total. The van der Waals surface area contributed by atoms with Gasteiger partial charge in [-0.3, -0.25) is 13.9 Å². The van der Waals surface area contributed by atoms with Gasteiger partial charge in [0, 0.05) is 21.1 Å². The molecule has 180 valence electrons. The van der Waals surface area contributed by atoms with Gasteiger partial charge in [-0.2, -0.15) is 0 Å². The first-order chi connectivity index (χ1) is 17.3.